The molecular weight excluding hydrogens is 316 g/mol. The van der Waals surface area contributed by atoms with Gasteiger partial charge in [0, 0.05) is 31.7 Å². The summed E-state index contributed by atoms with van der Waals surface area (Å²) in [5.41, 5.74) is 2.97. The Labute approximate surface area is 148 Å². The van der Waals surface area contributed by atoms with Gasteiger partial charge in [-0.3, -0.25) is 9.69 Å². The van der Waals surface area contributed by atoms with Gasteiger partial charge < -0.3 is 14.8 Å². The number of amides is 1. The van der Waals surface area contributed by atoms with E-state index in [-0.39, 0.29) is 5.91 Å². The van der Waals surface area contributed by atoms with Gasteiger partial charge in [0.25, 0.3) is 5.91 Å². The number of morpholine rings is 1. The van der Waals surface area contributed by atoms with Crippen molar-refractivity contribution in [3.63, 3.8) is 0 Å². The van der Waals surface area contributed by atoms with Gasteiger partial charge in [-0.2, -0.15) is 0 Å². The van der Waals surface area contributed by atoms with E-state index >= 15 is 0 Å². The summed E-state index contributed by atoms with van der Waals surface area (Å²) in [5, 5.41) is 2.95. The van der Waals surface area contributed by atoms with Crippen LogP contribution < -0.4 is 10.1 Å². The number of nitrogens with one attached hydrogen (secondary N) is 1. The van der Waals surface area contributed by atoms with Gasteiger partial charge in [-0.05, 0) is 29.3 Å². The van der Waals surface area contributed by atoms with Gasteiger partial charge in [-0.15, -0.1) is 0 Å². The van der Waals surface area contributed by atoms with Gasteiger partial charge >= 0.3 is 0 Å². The predicted molar refractivity (Wildman–Crippen MR) is 96.7 cm³/mol. The molecule has 5 nitrogen and oxygen atoms in total. The number of hydrogen-bond acceptors (Lipinski definition) is 4. The quantitative estimate of drug-likeness (QED) is 0.878. The van der Waals surface area contributed by atoms with Gasteiger partial charge in [0.15, 0.2) is 0 Å². The van der Waals surface area contributed by atoms with Crippen LogP contribution in [0, 0.1) is 0 Å². The van der Waals surface area contributed by atoms with E-state index in [1.54, 1.807) is 19.2 Å². The first-order valence-corrected chi connectivity index (χ1v) is 8.55. The molecule has 1 amide bonds. The molecule has 1 fully saturated rings. The molecule has 2 aromatic carbocycles. The molecule has 132 valence electrons. The van der Waals surface area contributed by atoms with Crippen LogP contribution >= 0.6 is 0 Å². The number of carbonyl (C=O) groups is 1. The first-order chi connectivity index (χ1) is 12.2. The first-order valence-electron chi connectivity index (χ1n) is 8.55. The van der Waals surface area contributed by atoms with Gasteiger partial charge in [0.1, 0.15) is 5.75 Å². The summed E-state index contributed by atoms with van der Waals surface area (Å²) in [6.45, 7) is 5.05. The highest BCUT2D eigenvalue weighted by Crippen LogP contribution is 2.13. The number of methoxy groups -OCH3 is 1. The summed E-state index contributed by atoms with van der Waals surface area (Å²) >= 11 is 0. The molecule has 1 saturated heterocycles. The van der Waals surface area contributed by atoms with E-state index in [1.165, 1.54) is 5.56 Å². The van der Waals surface area contributed by atoms with Gasteiger partial charge in [0.2, 0.25) is 0 Å². The van der Waals surface area contributed by atoms with Crippen molar-refractivity contribution >= 4 is 5.91 Å². The highest BCUT2D eigenvalue weighted by atomic mass is 16.5. The van der Waals surface area contributed by atoms with Crippen molar-refractivity contribution in [2.75, 3.05) is 33.4 Å². The minimum absolute atomic E-state index is 0.101. The number of carbonyl (C=O) groups excluding carboxylic acids is 1. The molecule has 1 N–H and O–H groups in total. The minimum atomic E-state index is -0.101. The monoisotopic (exact) mass is 340 g/mol. The fourth-order valence-corrected chi connectivity index (χ4v) is 2.83. The highest BCUT2D eigenvalue weighted by molar-refractivity contribution is 5.94. The fraction of sp³-hybridized carbons (Fsp3) is 0.350. The van der Waals surface area contributed by atoms with Crippen molar-refractivity contribution in [1.29, 1.82) is 0 Å². The first kappa shape index (κ1) is 17.5. The second-order valence-electron chi connectivity index (χ2n) is 6.12. The summed E-state index contributed by atoms with van der Waals surface area (Å²) < 4.78 is 10.5. The van der Waals surface area contributed by atoms with E-state index in [9.17, 15) is 4.79 Å². The molecule has 5 heteroatoms. The van der Waals surface area contributed by atoms with Gasteiger partial charge in [-0.1, -0.05) is 30.3 Å². The van der Waals surface area contributed by atoms with E-state index in [1.807, 2.05) is 12.1 Å². The zero-order valence-electron chi connectivity index (χ0n) is 14.5. The van der Waals surface area contributed by atoms with Crippen molar-refractivity contribution in [2.45, 2.75) is 13.1 Å². The molecule has 1 aliphatic heterocycles. The van der Waals surface area contributed by atoms with E-state index < -0.39 is 0 Å². The van der Waals surface area contributed by atoms with Crippen LogP contribution in [0.15, 0.2) is 48.5 Å². The third kappa shape index (κ3) is 5.05. The topological polar surface area (TPSA) is 50.8 Å². The average Bonchev–Trinajstić information content (AvgIpc) is 2.68. The van der Waals surface area contributed by atoms with Crippen LogP contribution in [-0.4, -0.2) is 44.2 Å². The molecule has 25 heavy (non-hydrogen) atoms. The Morgan fingerprint density at radius 3 is 2.56 bits per heavy atom. The van der Waals surface area contributed by atoms with Crippen LogP contribution in [0.4, 0.5) is 0 Å². The number of ether oxygens (including phenoxy) is 2. The number of benzene rings is 2. The Morgan fingerprint density at radius 1 is 1.12 bits per heavy atom. The SMILES string of the molecule is COc1cccc(C(=O)NCc2ccc(CN3CCOCC3)cc2)c1. The smallest absolute Gasteiger partial charge is 0.251 e. The van der Waals surface area contributed by atoms with Crippen LogP contribution in [0.25, 0.3) is 0 Å². The lowest BCUT2D eigenvalue weighted by Crippen LogP contribution is -2.35. The van der Waals surface area contributed by atoms with Crippen LogP contribution in [0.5, 0.6) is 5.75 Å². The highest BCUT2D eigenvalue weighted by Gasteiger charge is 2.11. The van der Waals surface area contributed by atoms with Crippen LogP contribution in [-0.2, 0) is 17.8 Å². The van der Waals surface area contributed by atoms with E-state index in [4.69, 9.17) is 9.47 Å². The van der Waals surface area contributed by atoms with Crippen molar-refractivity contribution in [1.82, 2.24) is 10.2 Å². The van der Waals surface area contributed by atoms with Crippen molar-refractivity contribution in [2.24, 2.45) is 0 Å². The number of nitrogens with zero attached hydrogens (tertiary/aromatic N) is 1. The van der Waals surface area contributed by atoms with E-state index in [2.05, 4.69) is 34.5 Å². The molecule has 3 rings (SSSR count). The fourth-order valence-electron chi connectivity index (χ4n) is 2.83. The summed E-state index contributed by atoms with van der Waals surface area (Å²) in [5.74, 6) is 0.580. The van der Waals surface area contributed by atoms with Crippen LogP contribution in [0.1, 0.15) is 21.5 Å². The molecule has 0 unspecified atom stereocenters. The maximum atomic E-state index is 12.2. The lowest BCUT2D eigenvalue weighted by molar-refractivity contribution is 0.0342. The lowest BCUT2D eigenvalue weighted by Gasteiger charge is -2.26. The van der Waals surface area contributed by atoms with Gasteiger partial charge in [0.05, 0.1) is 20.3 Å². The summed E-state index contributed by atoms with van der Waals surface area (Å²) in [6, 6.07) is 15.6. The number of rotatable bonds is 6. The average molecular weight is 340 g/mol. The molecule has 0 radical (unpaired) electrons. The molecule has 2 aromatic rings. The standard InChI is InChI=1S/C20H24N2O3/c1-24-19-4-2-3-18(13-19)20(23)21-14-16-5-7-17(8-6-16)15-22-9-11-25-12-10-22/h2-8,13H,9-12,14-15H2,1H3,(H,21,23). The van der Waals surface area contributed by atoms with Crippen LogP contribution in [0.3, 0.4) is 0 Å². The Hall–Kier alpha value is -2.37. The number of hydrogen-bond donors (Lipinski definition) is 1. The van der Waals surface area contributed by atoms with Crippen molar-refractivity contribution in [3.05, 3.63) is 65.2 Å². The molecule has 1 heterocycles. The third-order valence-corrected chi connectivity index (χ3v) is 4.32. The summed E-state index contributed by atoms with van der Waals surface area (Å²) in [7, 11) is 1.59. The third-order valence-electron chi connectivity index (χ3n) is 4.32. The lowest BCUT2D eigenvalue weighted by atomic mass is 10.1. The van der Waals surface area contributed by atoms with E-state index in [0.29, 0.717) is 17.9 Å². The molecule has 0 aliphatic carbocycles. The summed E-state index contributed by atoms with van der Waals surface area (Å²) in [6.07, 6.45) is 0. The van der Waals surface area contributed by atoms with Crippen molar-refractivity contribution in [3.8, 4) is 5.75 Å². The van der Waals surface area contributed by atoms with Gasteiger partial charge in [-0.25, -0.2) is 0 Å². The Bertz CT molecular complexity index is 694. The second kappa shape index (κ2) is 8.65. The molecule has 0 saturated carbocycles. The molecule has 0 bridgehead atoms. The normalized spacial score (nSPS) is 14.9. The molecule has 0 spiro atoms. The second-order valence-corrected chi connectivity index (χ2v) is 6.12. The van der Waals surface area contributed by atoms with Crippen molar-refractivity contribution < 1.29 is 14.3 Å². The Morgan fingerprint density at radius 2 is 1.84 bits per heavy atom. The zero-order valence-corrected chi connectivity index (χ0v) is 14.5. The Balaban J connectivity index is 1.51. The molecule has 1 aliphatic rings. The minimum Gasteiger partial charge on any atom is -0.497 e. The zero-order chi connectivity index (χ0) is 17.5. The molecule has 0 atom stereocenters. The summed E-state index contributed by atoms with van der Waals surface area (Å²) in [4.78, 5) is 14.6. The van der Waals surface area contributed by atoms with Crippen LogP contribution in [0.2, 0.25) is 0 Å². The predicted octanol–water partition coefficient (Wildman–Crippen LogP) is 2.46. The largest absolute Gasteiger partial charge is 0.497 e. The molecular formula is C20H24N2O3. The molecule has 0 aromatic heterocycles. The Kier molecular flexibility index (Phi) is 6.04. The maximum Gasteiger partial charge on any atom is 0.251 e. The maximum absolute atomic E-state index is 12.2. The van der Waals surface area contributed by atoms with E-state index in [0.717, 1.165) is 38.4 Å².